The lowest BCUT2D eigenvalue weighted by atomic mass is 9.91. The third kappa shape index (κ3) is 8.22. The van der Waals surface area contributed by atoms with Gasteiger partial charge in [-0.2, -0.15) is 0 Å². The average Bonchev–Trinajstić information content (AvgIpc) is 1.59. The van der Waals surface area contributed by atoms with E-state index in [1.54, 1.807) is 0 Å². The van der Waals surface area contributed by atoms with Gasteiger partial charge in [-0.3, -0.25) is 0 Å². The van der Waals surface area contributed by atoms with Crippen LogP contribution < -0.4 is 0 Å². The molecule has 0 amide bonds. The van der Waals surface area contributed by atoms with E-state index in [0.29, 0.717) is 5.41 Å². The largest absolute Gasteiger partial charge is 0.0720 e. The second-order valence-electron chi connectivity index (χ2n) is 4.58. The topological polar surface area (TPSA) is 0 Å². The summed E-state index contributed by atoms with van der Waals surface area (Å²) >= 11 is 0. The van der Waals surface area contributed by atoms with Gasteiger partial charge in [-0.1, -0.05) is 40.3 Å². The van der Waals surface area contributed by atoms with Crippen LogP contribution in [0.5, 0.6) is 0 Å². The van der Waals surface area contributed by atoms with Crippen molar-refractivity contribution in [1.29, 1.82) is 0 Å². The Morgan fingerprint density at radius 3 is 2.00 bits per heavy atom. The van der Waals surface area contributed by atoms with Crippen LogP contribution in [0.2, 0.25) is 13.1 Å². The van der Waals surface area contributed by atoms with Gasteiger partial charge in [0.05, 0.1) is 0 Å². The van der Waals surface area contributed by atoms with E-state index in [-0.39, 0.29) is 8.80 Å². The number of hydrogen-bond acceptors (Lipinski definition) is 0. The summed E-state index contributed by atoms with van der Waals surface area (Å²) in [5, 5.41) is 0. The summed E-state index contributed by atoms with van der Waals surface area (Å²) in [6.45, 7) is 11.7. The summed E-state index contributed by atoms with van der Waals surface area (Å²) in [6, 6.07) is 2.53. The van der Waals surface area contributed by atoms with Gasteiger partial charge >= 0.3 is 0 Å². The summed E-state index contributed by atoms with van der Waals surface area (Å²) in [6.07, 6.45) is 2.67. The van der Waals surface area contributed by atoms with Crippen molar-refractivity contribution in [2.75, 3.05) is 0 Å². The summed E-state index contributed by atoms with van der Waals surface area (Å²) in [5.74, 6) is 0. The molecule has 0 saturated carbocycles. The SMILES string of the molecule is C[SiH](C)[CH]CCC(C)(C)C. The molecule has 0 spiro atoms. The molecule has 1 heteroatoms. The molecule has 0 fully saturated rings. The maximum atomic E-state index is 2.53. The number of hydrogen-bond donors (Lipinski definition) is 0. The molecular formula is C9H21Si. The fourth-order valence-corrected chi connectivity index (χ4v) is 1.68. The Bertz CT molecular complexity index is 79.2. The van der Waals surface area contributed by atoms with Crippen molar-refractivity contribution in [2.45, 2.75) is 46.7 Å². The predicted octanol–water partition coefficient (Wildman–Crippen LogP) is 3.04. The quantitative estimate of drug-likeness (QED) is 0.552. The molecule has 0 atom stereocenters. The Hall–Kier alpha value is 0.217. The monoisotopic (exact) mass is 157 g/mol. The van der Waals surface area contributed by atoms with Crippen LogP contribution in [-0.2, 0) is 0 Å². The van der Waals surface area contributed by atoms with Gasteiger partial charge in [-0.05, 0) is 17.9 Å². The fraction of sp³-hybridized carbons (Fsp3) is 0.889. The smallest absolute Gasteiger partial charge is 0.0336 e. The number of rotatable bonds is 3. The van der Waals surface area contributed by atoms with Crippen LogP contribution in [0, 0.1) is 11.5 Å². The van der Waals surface area contributed by atoms with E-state index in [0.717, 1.165) is 0 Å². The van der Waals surface area contributed by atoms with Crippen LogP contribution in [0.4, 0.5) is 0 Å². The van der Waals surface area contributed by atoms with E-state index in [9.17, 15) is 0 Å². The van der Waals surface area contributed by atoms with E-state index >= 15 is 0 Å². The Kier molecular flexibility index (Phi) is 4.26. The first-order valence-corrected chi connectivity index (χ1v) is 7.23. The molecule has 0 unspecified atom stereocenters. The van der Waals surface area contributed by atoms with Crippen LogP contribution in [-0.4, -0.2) is 8.80 Å². The van der Waals surface area contributed by atoms with Crippen molar-refractivity contribution in [3.8, 4) is 0 Å². The molecule has 0 N–H and O–H groups in total. The van der Waals surface area contributed by atoms with E-state index in [1.165, 1.54) is 12.8 Å². The second-order valence-corrected chi connectivity index (χ2v) is 7.54. The molecule has 0 rings (SSSR count). The van der Waals surface area contributed by atoms with E-state index in [1.807, 2.05) is 0 Å². The van der Waals surface area contributed by atoms with Crippen molar-refractivity contribution in [3.63, 3.8) is 0 Å². The molecule has 0 bridgehead atoms. The van der Waals surface area contributed by atoms with Crippen LogP contribution in [0.1, 0.15) is 33.6 Å². The molecule has 0 aliphatic heterocycles. The zero-order valence-corrected chi connectivity index (χ0v) is 9.22. The summed E-state index contributed by atoms with van der Waals surface area (Å²) in [4.78, 5) is 0. The van der Waals surface area contributed by atoms with Crippen molar-refractivity contribution in [3.05, 3.63) is 6.04 Å². The molecule has 1 radical (unpaired) electrons. The highest BCUT2D eigenvalue weighted by Crippen LogP contribution is 2.21. The highest BCUT2D eigenvalue weighted by molar-refractivity contribution is 6.59. The van der Waals surface area contributed by atoms with Gasteiger partial charge in [0.2, 0.25) is 0 Å². The second kappa shape index (κ2) is 4.17. The lowest BCUT2D eigenvalue weighted by Crippen LogP contribution is -2.08. The van der Waals surface area contributed by atoms with Crippen molar-refractivity contribution in [1.82, 2.24) is 0 Å². The first kappa shape index (κ1) is 10.2. The van der Waals surface area contributed by atoms with Gasteiger partial charge in [0.15, 0.2) is 0 Å². The molecule has 0 saturated heterocycles. The van der Waals surface area contributed by atoms with E-state index in [2.05, 4.69) is 39.9 Å². The van der Waals surface area contributed by atoms with Crippen LogP contribution in [0.15, 0.2) is 0 Å². The highest BCUT2D eigenvalue weighted by Gasteiger charge is 2.09. The molecule has 0 aromatic rings. The molecule has 0 aromatic carbocycles. The molecule has 0 aliphatic rings. The van der Waals surface area contributed by atoms with Crippen LogP contribution in [0.3, 0.4) is 0 Å². The third-order valence-electron chi connectivity index (χ3n) is 1.53. The normalized spacial score (nSPS) is 12.6. The molecule has 0 aromatic heterocycles. The predicted molar refractivity (Wildman–Crippen MR) is 51.9 cm³/mol. The van der Waals surface area contributed by atoms with Gasteiger partial charge in [0, 0.05) is 8.80 Å². The first-order chi connectivity index (χ1) is 4.42. The standard InChI is InChI=1S/C9H21Si/c1-9(2,3)7-6-8-10(4)5/h8,10H,6-7H2,1-5H3. The molecule has 10 heavy (non-hydrogen) atoms. The lowest BCUT2D eigenvalue weighted by molar-refractivity contribution is 0.379. The van der Waals surface area contributed by atoms with Gasteiger partial charge in [-0.25, -0.2) is 0 Å². The van der Waals surface area contributed by atoms with Crippen molar-refractivity contribution in [2.24, 2.45) is 5.41 Å². The summed E-state index contributed by atoms with van der Waals surface area (Å²) in [7, 11) is -0.385. The molecule has 0 heterocycles. The van der Waals surface area contributed by atoms with Gasteiger partial charge < -0.3 is 0 Å². The maximum absolute atomic E-state index is 2.53. The Balaban J connectivity index is 3.21. The van der Waals surface area contributed by atoms with Gasteiger partial charge in [0.1, 0.15) is 0 Å². The summed E-state index contributed by atoms with van der Waals surface area (Å²) in [5.41, 5.74) is 0.528. The zero-order chi connectivity index (χ0) is 8.20. The van der Waals surface area contributed by atoms with Crippen molar-refractivity contribution >= 4 is 8.80 Å². The van der Waals surface area contributed by atoms with Crippen molar-refractivity contribution < 1.29 is 0 Å². The molecule has 61 valence electrons. The fourth-order valence-electron chi connectivity index (χ4n) is 0.850. The lowest BCUT2D eigenvalue weighted by Gasteiger charge is -2.17. The average molecular weight is 157 g/mol. The third-order valence-corrected chi connectivity index (χ3v) is 2.81. The minimum absolute atomic E-state index is 0.385. The first-order valence-electron chi connectivity index (χ1n) is 4.25. The van der Waals surface area contributed by atoms with Gasteiger partial charge in [-0.15, -0.1) is 0 Å². The Morgan fingerprint density at radius 2 is 1.70 bits per heavy atom. The van der Waals surface area contributed by atoms with Crippen LogP contribution in [0.25, 0.3) is 0 Å². The minimum atomic E-state index is -0.385. The maximum Gasteiger partial charge on any atom is 0.0336 e. The van der Waals surface area contributed by atoms with E-state index in [4.69, 9.17) is 0 Å². The molecule has 0 nitrogen and oxygen atoms in total. The minimum Gasteiger partial charge on any atom is -0.0720 e. The van der Waals surface area contributed by atoms with Gasteiger partial charge in [0.25, 0.3) is 0 Å². The van der Waals surface area contributed by atoms with Crippen LogP contribution >= 0.6 is 0 Å². The Morgan fingerprint density at radius 1 is 1.20 bits per heavy atom. The summed E-state index contributed by atoms with van der Waals surface area (Å²) < 4.78 is 0. The van der Waals surface area contributed by atoms with E-state index < -0.39 is 0 Å². The Labute approximate surface area is 67.6 Å². The zero-order valence-electron chi connectivity index (χ0n) is 8.07. The highest BCUT2D eigenvalue weighted by atomic mass is 28.3. The molecular weight excluding hydrogens is 136 g/mol. The molecule has 0 aliphatic carbocycles.